The number of aliphatic hydroxyl groups is 1. The summed E-state index contributed by atoms with van der Waals surface area (Å²) in [5.74, 6) is -0.487. The van der Waals surface area contributed by atoms with Gasteiger partial charge in [-0.3, -0.25) is 37.3 Å². The molecule has 0 fully saturated rings. The number of rotatable bonds is 82. The molecule has 0 aliphatic heterocycles. The number of unbranched alkanes of at least 4 members (excludes halogenated alkanes) is 51. The van der Waals surface area contributed by atoms with E-state index in [1.807, 2.05) is 0 Å². The molecule has 3 N–H and O–H groups in total. The maximum Gasteiger partial charge on any atom is 0.472 e. The van der Waals surface area contributed by atoms with Crippen molar-refractivity contribution in [3.63, 3.8) is 0 Å². The molecule has 0 bridgehead atoms. The number of carbonyl (C=O) groups is 4. The Morgan fingerprint density at radius 3 is 0.745 bits per heavy atom. The average Bonchev–Trinajstić information content (AvgIpc) is 0.970. The number of ether oxygens (including phenoxy) is 4. The van der Waals surface area contributed by atoms with Crippen LogP contribution in [-0.4, -0.2) is 96.7 Å². The van der Waals surface area contributed by atoms with Gasteiger partial charge in [0.2, 0.25) is 0 Å². The molecule has 606 valence electrons. The highest BCUT2D eigenvalue weighted by atomic mass is 31.2. The highest BCUT2D eigenvalue weighted by molar-refractivity contribution is 7.47. The largest absolute Gasteiger partial charge is 0.472 e. The fraction of sp³-hybridized carbons (Fsp3) is 0.952. The monoisotopic (exact) mass is 1490 g/mol. The molecule has 0 aromatic rings. The Labute approximate surface area is 626 Å². The fourth-order valence-corrected chi connectivity index (χ4v) is 14.4. The molecule has 0 saturated carbocycles. The Balaban J connectivity index is 5.18. The third kappa shape index (κ3) is 74.9. The summed E-state index contributed by atoms with van der Waals surface area (Å²) in [4.78, 5) is 73.0. The van der Waals surface area contributed by atoms with E-state index in [2.05, 4.69) is 41.5 Å². The minimum Gasteiger partial charge on any atom is -0.462 e. The summed E-state index contributed by atoms with van der Waals surface area (Å²) in [6.07, 6.45) is 65.4. The predicted octanol–water partition coefficient (Wildman–Crippen LogP) is 25.1. The Kier molecular flexibility index (Phi) is 73.1. The van der Waals surface area contributed by atoms with Crippen LogP contribution < -0.4 is 0 Å². The molecule has 0 heterocycles. The molecule has 0 aromatic heterocycles. The summed E-state index contributed by atoms with van der Waals surface area (Å²) >= 11 is 0. The van der Waals surface area contributed by atoms with E-state index in [0.717, 1.165) is 108 Å². The molecule has 6 atom stereocenters. The number of carbonyl (C=O) groups excluding carboxylic acids is 4. The van der Waals surface area contributed by atoms with Crippen molar-refractivity contribution < 1.29 is 80.2 Å². The van der Waals surface area contributed by atoms with E-state index in [-0.39, 0.29) is 25.7 Å². The molecule has 0 radical (unpaired) electrons. The lowest BCUT2D eigenvalue weighted by Gasteiger charge is -2.21. The quantitative estimate of drug-likeness (QED) is 0.0222. The van der Waals surface area contributed by atoms with Gasteiger partial charge < -0.3 is 33.8 Å². The predicted molar refractivity (Wildman–Crippen MR) is 418 cm³/mol. The molecule has 17 nitrogen and oxygen atoms in total. The lowest BCUT2D eigenvalue weighted by Crippen LogP contribution is -2.30. The van der Waals surface area contributed by atoms with E-state index in [0.29, 0.717) is 25.7 Å². The summed E-state index contributed by atoms with van der Waals surface area (Å²) in [6, 6.07) is 0. The first-order valence-corrected chi connectivity index (χ1v) is 46.0. The number of aliphatic hydroxyl groups excluding tert-OH is 1. The number of esters is 4. The van der Waals surface area contributed by atoms with Gasteiger partial charge in [0, 0.05) is 25.7 Å². The zero-order chi connectivity index (χ0) is 74.9. The van der Waals surface area contributed by atoms with Crippen LogP contribution in [0.4, 0.5) is 0 Å². The maximum atomic E-state index is 13.1. The van der Waals surface area contributed by atoms with Crippen molar-refractivity contribution >= 4 is 39.5 Å². The lowest BCUT2D eigenvalue weighted by molar-refractivity contribution is -0.161. The van der Waals surface area contributed by atoms with Crippen LogP contribution in [0.25, 0.3) is 0 Å². The number of phosphoric ester groups is 2. The molecular formula is C83H162O17P2. The number of hydrogen-bond acceptors (Lipinski definition) is 15. The second-order valence-corrected chi connectivity index (χ2v) is 33.5. The summed E-state index contributed by atoms with van der Waals surface area (Å²) < 4.78 is 68.7. The third-order valence-corrected chi connectivity index (χ3v) is 21.7. The van der Waals surface area contributed by atoms with E-state index >= 15 is 0 Å². The molecule has 0 spiro atoms. The van der Waals surface area contributed by atoms with Crippen LogP contribution in [0.2, 0.25) is 0 Å². The summed E-state index contributed by atoms with van der Waals surface area (Å²) in [6.45, 7) is 9.67. The Hall–Kier alpha value is -1.94. The van der Waals surface area contributed by atoms with Crippen molar-refractivity contribution in [1.29, 1.82) is 0 Å². The van der Waals surface area contributed by atoms with E-state index < -0.39 is 97.5 Å². The zero-order valence-electron chi connectivity index (χ0n) is 66.9. The second kappa shape index (κ2) is 74.5. The summed E-state index contributed by atoms with van der Waals surface area (Å²) in [5.41, 5.74) is 0. The summed E-state index contributed by atoms with van der Waals surface area (Å²) in [7, 11) is -9.92. The topological polar surface area (TPSA) is 237 Å². The first-order valence-electron chi connectivity index (χ1n) is 43.0. The normalized spacial score (nSPS) is 14.1. The van der Waals surface area contributed by atoms with Gasteiger partial charge in [-0.1, -0.05) is 388 Å². The Morgan fingerprint density at radius 2 is 0.500 bits per heavy atom. The number of phosphoric acid groups is 2. The van der Waals surface area contributed by atoms with E-state index in [1.165, 1.54) is 250 Å². The lowest BCUT2D eigenvalue weighted by atomic mass is 9.99. The van der Waals surface area contributed by atoms with Gasteiger partial charge in [0.25, 0.3) is 0 Å². The highest BCUT2D eigenvalue weighted by Gasteiger charge is 2.30. The minimum atomic E-state index is -4.96. The minimum absolute atomic E-state index is 0.106. The number of hydrogen-bond donors (Lipinski definition) is 3. The van der Waals surface area contributed by atoms with Crippen LogP contribution in [0.1, 0.15) is 440 Å². The van der Waals surface area contributed by atoms with E-state index in [4.69, 9.17) is 37.0 Å². The summed E-state index contributed by atoms with van der Waals surface area (Å²) in [5, 5.41) is 10.6. The third-order valence-electron chi connectivity index (χ3n) is 19.8. The molecule has 102 heavy (non-hydrogen) atoms. The second-order valence-electron chi connectivity index (χ2n) is 30.6. The molecule has 3 unspecified atom stereocenters. The van der Waals surface area contributed by atoms with Crippen molar-refractivity contribution in [3.05, 3.63) is 0 Å². The molecule has 0 aromatic carbocycles. The molecule has 0 aliphatic rings. The van der Waals surface area contributed by atoms with Crippen LogP contribution in [-0.2, 0) is 65.4 Å². The molecule has 0 amide bonds. The van der Waals surface area contributed by atoms with Crippen LogP contribution in [0.3, 0.4) is 0 Å². The SMILES string of the molecule is CCCCCCCCCCCCCCCCCCCCCC(=O)OC[C@H](COP(=O)(O)OC[C@@H](O)COP(=O)(O)OC[C@@H](COC(=O)CCCCCCCCCC)OC(=O)CCCCCCCCCCCCC(C)C)OC(=O)CCCCCCCCCCCCCCCCCCCCC(C)CC. The molecule has 19 heteroatoms. The van der Waals surface area contributed by atoms with E-state index in [9.17, 15) is 43.2 Å². The van der Waals surface area contributed by atoms with Gasteiger partial charge in [0.1, 0.15) is 19.3 Å². The van der Waals surface area contributed by atoms with Crippen molar-refractivity contribution in [3.8, 4) is 0 Å². The molecule has 0 aliphatic carbocycles. The highest BCUT2D eigenvalue weighted by Crippen LogP contribution is 2.45. The van der Waals surface area contributed by atoms with Gasteiger partial charge in [0.15, 0.2) is 12.2 Å². The van der Waals surface area contributed by atoms with E-state index in [1.54, 1.807) is 0 Å². The van der Waals surface area contributed by atoms with Crippen LogP contribution >= 0.6 is 15.6 Å². The molecular weight excluding hydrogens is 1330 g/mol. The van der Waals surface area contributed by atoms with Gasteiger partial charge in [-0.05, 0) is 37.5 Å². The molecule has 0 rings (SSSR count). The first kappa shape index (κ1) is 100. The van der Waals surface area contributed by atoms with Crippen molar-refractivity contribution in [2.24, 2.45) is 11.8 Å². The zero-order valence-corrected chi connectivity index (χ0v) is 68.7. The van der Waals surface area contributed by atoms with Gasteiger partial charge >= 0.3 is 39.5 Å². The van der Waals surface area contributed by atoms with Crippen LogP contribution in [0.5, 0.6) is 0 Å². The Morgan fingerprint density at radius 1 is 0.284 bits per heavy atom. The van der Waals surface area contributed by atoms with Crippen molar-refractivity contribution in [2.75, 3.05) is 39.6 Å². The smallest absolute Gasteiger partial charge is 0.462 e. The van der Waals surface area contributed by atoms with Gasteiger partial charge in [-0.15, -0.1) is 0 Å². The van der Waals surface area contributed by atoms with Gasteiger partial charge in [-0.2, -0.15) is 0 Å². The molecule has 0 saturated heterocycles. The first-order chi connectivity index (χ1) is 49.4. The standard InChI is InChI=1S/C83H162O17P2/c1-7-10-12-14-16-18-19-20-21-22-23-27-30-33-36-42-48-54-60-66-81(86)94-72-79(100-82(87)67-61-55-49-43-37-34-31-28-25-24-26-29-32-35-41-46-52-58-64-76(6)9-3)74-98-102(91,92)96-70-77(84)69-95-101(89,90)97-73-78(71-93-80(85)65-59-53-47-17-15-13-11-8-2)99-83(88)68-62-56-50-44-39-38-40-45-51-57-63-75(4)5/h75-79,84H,7-74H2,1-6H3,(H,89,90)(H,91,92)/t76?,77-,78+,79+/m0/s1. The van der Waals surface area contributed by atoms with Crippen LogP contribution in [0, 0.1) is 11.8 Å². The Bertz CT molecular complexity index is 1960. The van der Waals surface area contributed by atoms with Crippen molar-refractivity contribution in [1.82, 2.24) is 0 Å². The van der Waals surface area contributed by atoms with Crippen molar-refractivity contribution in [2.45, 2.75) is 458 Å². The fourth-order valence-electron chi connectivity index (χ4n) is 12.9. The van der Waals surface area contributed by atoms with Gasteiger partial charge in [-0.25, -0.2) is 9.13 Å². The van der Waals surface area contributed by atoms with Crippen LogP contribution in [0.15, 0.2) is 0 Å². The van der Waals surface area contributed by atoms with Gasteiger partial charge in [0.05, 0.1) is 26.4 Å². The maximum absolute atomic E-state index is 13.1. The average molecular weight is 1490 g/mol.